The fraction of sp³-hybridized carbons (Fsp3) is 0.417. The fourth-order valence-electron chi connectivity index (χ4n) is 1.96. The molecule has 1 aromatic carbocycles. The summed E-state index contributed by atoms with van der Waals surface area (Å²) in [5.41, 5.74) is 8.65. The highest BCUT2D eigenvalue weighted by atomic mass is 16.2. The molecule has 0 bridgehead atoms. The first-order valence-electron chi connectivity index (χ1n) is 5.54. The van der Waals surface area contributed by atoms with E-state index in [4.69, 9.17) is 5.73 Å². The van der Waals surface area contributed by atoms with Gasteiger partial charge in [0.2, 0.25) is 0 Å². The van der Waals surface area contributed by atoms with Gasteiger partial charge in [0.1, 0.15) is 0 Å². The summed E-state index contributed by atoms with van der Waals surface area (Å²) in [6.45, 7) is 3.44. The van der Waals surface area contributed by atoms with E-state index in [0.29, 0.717) is 0 Å². The molecule has 1 aliphatic rings. The molecule has 0 aromatic heterocycles. The molecule has 1 heterocycles. The molecule has 0 aliphatic carbocycles. The average molecular weight is 219 g/mol. The summed E-state index contributed by atoms with van der Waals surface area (Å²) < 4.78 is 0. The summed E-state index contributed by atoms with van der Waals surface area (Å²) in [5, 5.41) is 0. The van der Waals surface area contributed by atoms with E-state index >= 15 is 0 Å². The van der Waals surface area contributed by atoms with Crippen molar-refractivity contribution in [1.82, 2.24) is 4.90 Å². The van der Waals surface area contributed by atoms with Crippen LogP contribution in [0, 0.1) is 0 Å². The number of rotatable bonds is 1. The Kier molecular flexibility index (Phi) is 2.73. The highest BCUT2D eigenvalue weighted by Gasteiger charge is 2.26. The van der Waals surface area contributed by atoms with Gasteiger partial charge in [-0.1, -0.05) is 0 Å². The van der Waals surface area contributed by atoms with Gasteiger partial charge in [-0.05, 0) is 37.1 Å². The van der Waals surface area contributed by atoms with Gasteiger partial charge in [-0.3, -0.25) is 4.90 Å². The molecule has 4 heteroatoms. The van der Waals surface area contributed by atoms with Crippen LogP contribution >= 0.6 is 0 Å². The Balaban J connectivity index is 2.27. The van der Waals surface area contributed by atoms with Crippen molar-refractivity contribution in [2.75, 3.05) is 30.8 Å². The highest BCUT2D eigenvalue weighted by Crippen LogP contribution is 2.30. The van der Waals surface area contributed by atoms with Crippen LogP contribution < -0.4 is 10.6 Å². The molecule has 0 unspecified atom stereocenters. The molecule has 0 atom stereocenters. The largest absolute Gasteiger partial charge is 0.399 e. The van der Waals surface area contributed by atoms with Gasteiger partial charge in [0.15, 0.2) is 0 Å². The number of nitrogens with zero attached hydrogens (tertiary/aromatic N) is 2. The Morgan fingerprint density at radius 2 is 2.31 bits per heavy atom. The second-order valence-electron chi connectivity index (χ2n) is 4.09. The lowest BCUT2D eigenvalue weighted by Gasteiger charge is -2.24. The lowest BCUT2D eigenvalue weighted by molar-refractivity contribution is 0.218. The second-order valence-corrected chi connectivity index (χ2v) is 4.09. The third-order valence-electron chi connectivity index (χ3n) is 3.03. The molecule has 4 nitrogen and oxygen atoms in total. The van der Waals surface area contributed by atoms with Crippen LogP contribution in [0.4, 0.5) is 16.2 Å². The molecule has 0 fully saturated rings. The summed E-state index contributed by atoms with van der Waals surface area (Å²) in [7, 11) is 1.82. The molecule has 2 rings (SSSR count). The van der Waals surface area contributed by atoms with Crippen LogP contribution in [0.1, 0.15) is 12.5 Å². The molecule has 86 valence electrons. The van der Waals surface area contributed by atoms with Crippen molar-refractivity contribution in [1.29, 1.82) is 0 Å². The van der Waals surface area contributed by atoms with Crippen LogP contribution in [0.25, 0.3) is 0 Å². The van der Waals surface area contributed by atoms with Crippen LogP contribution in [0.5, 0.6) is 0 Å². The summed E-state index contributed by atoms with van der Waals surface area (Å²) in [5.74, 6) is 0. The molecular weight excluding hydrogens is 202 g/mol. The zero-order valence-electron chi connectivity index (χ0n) is 9.73. The first kappa shape index (κ1) is 10.8. The third kappa shape index (κ3) is 1.71. The molecular formula is C12H17N3O. The smallest absolute Gasteiger partial charge is 0.324 e. The molecule has 0 spiro atoms. The maximum Gasteiger partial charge on any atom is 0.324 e. The summed E-state index contributed by atoms with van der Waals surface area (Å²) in [6, 6.07) is 5.79. The SMILES string of the molecule is CCN(C)C(=O)N1CCc2cc(N)ccc21. The van der Waals surface area contributed by atoms with Gasteiger partial charge in [-0.2, -0.15) is 0 Å². The molecule has 0 saturated carbocycles. The van der Waals surface area contributed by atoms with Crippen LogP contribution in [-0.4, -0.2) is 31.1 Å². The van der Waals surface area contributed by atoms with E-state index in [1.54, 1.807) is 4.90 Å². The van der Waals surface area contributed by atoms with Crippen LogP contribution in [0.2, 0.25) is 0 Å². The molecule has 1 aliphatic heterocycles. The normalized spacial score (nSPS) is 13.8. The topological polar surface area (TPSA) is 49.6 Å². The Labute approximate surface area is 95.6 Å². The number of fused-ring (bicyclic) bond motifs is 1. The molecule has 0 saturated heterocycles. The standard InChI is InChI=1S/C12H17N3O/c1-3-14(2)12(16)15-7-6-9-8-10(13)4-5-11(9)15/h4-5,8H,3,6-7,13H2,1-2H3. The molecule has 2 amide bonds. The van der Waals surface area contributed by atoms with Gasteiger partial charge in [0, 0.05) is 31.5 Å². The van der Waals surface area contributed by atoms with E-state index in [-0.39, 0.29) is 6.03 Å². The van der Waals surface area contributed by atoms with E-state index in [1.165, 1.54) is 0 Å². The van der Waals surface area contributed by atoms with Crippen molar-refractivity contribution in [3.63, 3.8) is 0 Å². The second kappa shape index (κ2) is 4.04. The van der Waals surface area contributed by atoms with Crippen LogP contribution in [0.3, 0.4) is 0 Å². The number of carbonyl (C=O) groups is 1. The number of benzene rings is 1. The quantitative estimate of drug-likeness (QED) is 0.731. The Morgan fingerprint density at radius 3 is 3.00 bits per heavy atom. The van der Waals surface area contributed by atoms with Crippen molar-refractivity contribution in [2.45, 2.75) is 13.3 Å². The van der Waals surface area contributed by atoms with Gasteiger partial charge in [0.25, 0.3) is 0 Å². The molecule has 16 heavy (non-hydrogen) atoms. The first-order valence-corrected chi connectivity index (χ1v) is 5.54. The monoisotopic (exact) mass is 219 g/mol. The Bertz CT molecular complexity index is 417. The number of hydrogen-bond donors (Lipinski definition) is 1. The zero-order valence-corrected chi connectivity index (χ0v) is 9.73. The van der Waals surface area contributed by atoms with Crippen molar-refractivity contribution in [3.8, 4) is 0 Å². The zero-order chi connectivity index (χ0) is 11.7. The summed E-state index contributed by atoms with van der Waals surface area (Å²) >= 11 is 0. The number of carbonyl (C=O) groups excluding carboxylic acids is 1. The van der Waals surface area contributed by atoms with E-state index in [9.17, 15) is 4.79 Å². The minimum absolute atomic E-state index is 0.0611. The molecule has 2 N–H and O–H groups in total. The molecule has 1 aromatic rings. The van der Waals surface area contributed by atoms with Gasteiger partial charge in [0.05, 0.1) is 0 Å². The summed E-state index contributed by atoms with van der Waals surface area (Å²) in [6.07, 6.45) is 0.893. The predicted molar refractivity (Wildman–Crippen MR) is 65.6 cm³/mol. The summed E-state index contributed by atoms with van der Waals surface area (Å²) in [4.78, 5) is 15.6. The van der Waals surface area contributed by atoms with Crippen molar-refractivity contribution >= 4 is 17.4 Å². The predicted octanol–water partition coefficient (Wildman–Crippen LogP) is 1.70. The van der Waals surface area contributed by atoms with Gasteiger partial charge >= 0.3 is 6.03 Å². The van der Waals surface area contributed by atoms with Gasteiger partial charge < -0.3 is 10.6 Å². The maximum atomic E-state index is 12.0. The number of nitrogen functional groups attached to an aromatic ring is 1. The van der Waals surface area contributed by atoms with Gasteiger partial charge in [-0.15, -0.1) is 0 Å². The van der Waals surface area contributed by atoms with Crippen molar-refractivity contribution in [2.24, 2.45) is 0 Å². The van der Waals surface area contributed by atoms with E-state index in [0.717, 1.165) is 36.4 Å². The number of nitrogens with two attached hydrogens (primary N) is 1. The number of anilines is 2. The first-order chi connectivity index (χ1) is 7.63. The number of amides is 2. The minimum atomic E-state index is 0.0611. The van der Waals surface area contributed by atoms with E-state index in [1.807, 2.05) is 37.1 Å². The lowest BCUT2D eigenvalue weighted by Crippen LogP contribution is -2.40. The van der Waals surface area contributed by atoms with Gasteiger partial charge in [-0.25, -0.2) is 4.79 Å². The minimum Gasteiger partial charge on any atom is -0.399 e. The Hall–Kier alpha value is -1.71. The van der Waals surface area contributed by atoms with Crippen molar-refractivity contribution in [3.05, 3.63) is 23.8 Å². The third-order valence-corrected chi connectivity index (χ3v) is 3.03. The fourth-order valence-corrected chi connectivity index (χ4v) is 1.96. The molecule has 0 radical (unpaired) electrons. The van der Waals surface area contributed by atoms with E-state index in [2.05, 4.69) is 0 Å². The number of hydrogen-bond acceptors (Lipinski definition) is 2. The Morgan fingerprint density at radius 1 is 1.56 bits per heavy atom. The average Bonchev–Trinajstić information content (AvgIpc) is 2.69. The lowest BCUT2D eigenvalue weighted by atomic mass is 10.1. The highest BCUT2D eigenvalue weighted by molar-refractivity contribution is 5.94. The maximum absolute atomic E-state index is 12.0. The van der Waals surface area contributed by atoms with Crippen molar-refractivity contribution < 1.29 is 4.79 Å². The number of urea groups is 1. The van der Waals surface area contributed by atoms with Crippen LogP contribution in [0.15, 0.2) is 18.2 Å². The van der Waals surface area contributed by atoms with E-state index < -0.39 is 0 Å². The van der Waals surface area contributed by atoms with Crippen LogP contribution in [-0.2, 0) is 6.42 Å².